The van der Waals surface area contributed by atoms with Gasteiger partial charge in [0.15, 0.2) is 0 Å². The van der Waals surface area contributed by atoms with E-state index in [0.717, 1.165) is 38.4 Å². The average Bonchev–Trinajstić information content (AvgIpc) is 3.19. The van der Waals surface area contributed by atoms with Crippen molar-refractivity contribution in [1.82, 2.24) is 9.78 Å². The van der Waals surface area contributed by atoms with Crippen molar-refractivity contribution < 1.29 is 4.79 Å². The highest BCUT2D eigenvalue weighted by atomic mass is 32.1. The molecule has 136 valence electrons. The highest BCUT2D eigenvalue weighted by Gasteiger charge is 2.18. The highest BCUT2D eigenvalue weighted by molar-refractivity contribution is 7.20. The molecule has 4 nitrogen and oxygen atoms in total. The van der Waals surface area contributed by atoms with Crippen molar-refractivity contribution in [2.45, 2.75) is 27.7 Å². The van der Waals surface area contributed by atoms with Gasteiger partial charge in [-0.1, -0.05) is 24.3 Å². The summed E-state index contributed by atoms with van der Waals surface area (Å²) >= 11 is 1.47. The minimum absolute atomic E-state index is 0.0832. The maximum Gasteiger partial charge on any atom is 0.265 e. The predicted octanol–water partition coefficient (Wildman–Crippen LogP) is 5.57. The van der Waals surface area contributed by atoms with Crippen LogP contribution in [0, 0.1) is 27.7 Å². The largest absolute Gasteiger partial charge is 0.321 e. The first kappa shape index (κ1) is 17.5. The zero-order chi connectivity index (χ0) is 19.1. The number of nitrogens with one attached hydrogen (secondary N) is 1. The zero-order valence-electron chi connectivity index (χ0n) is 15.8. The number of rotatable bonds is 3. The van der Waals surface area contributed by atoms with Crippen LogP contribution in [-0.2, 0) is 0 Å². The van der Waals surface area contributed by atoms with Gasteiger partial charge in [0.2, 0.25) is 0 Å². The van der Waals surface area contributed by atoms with E-state index in [2.05, 4.69) is 29.5 Å². The molecule has 1 amide bonds. The van der Waals surface area contributed by atoms with E-state index in [1.807, 2.05) is 61.9 Å². The second-order valence-corrected chi connectivity index (χ2v) is 7.97. The van der Waals surface area contributed by atoms with Crippen LogP contribution in [0.2, 0.25) is 0 Å². The SMILES string of the molecule is Cc1cccc(-n2nc(C)c3cc(C(=O)Nc4cc(C)ccc4C)sc32)c1. The summed E-state index contributed by atoms with van der Waals surface area (Å²) < 4.78 is 1.93. The van der Waals surface area contributed by atoms with Gasteiger partial charge < -0.3 is 5.32 Å². The molecule has 0 radical (unpaired) electrons. The Bertz CT molecular complexity index is 1170. The van der Waals surface area contributed by atoms with Gasteiger partial charge in [-0.25, -0.2) is 4.68 Å². The van der Waals surface area contributed by atoms with Crippen LogP contribution in [-0.4, -0.2) is 15.7 Å². The van der Waals surface area contributed by atoms with Crippen LogP contribution in [0.3, 0.4) is 0 Å². The fourth-order valence-electron chi connectivity index (χ4n) is 3.15. The predicted molar refractivity (Wildman–Crippen MR) is 112 cm³/mol. The Morgan fingerprint density at radius 1 is 1.00 bits per heavy atom. The van der Waals surface area contributed by atoms with Gasteiger partial charge in [-0.3, -0.25) is 4.79 Å². The first-order valence-corrected chi connectivity index (χ1v) is 9.69. The smallest absolute Gasteiger partial charge is 0.265 e. The summed E-state index contributed by atoms with van der Waals surface area (Å²) in [6, 6.07) is 16.2. The van der Waals surface area contributed by atoms with Crippen molar-refractivity contribution in [2.75, 3.05) is 5.32 Å². The number of fused-ring (bicyclic) bond motifs is 1. The van der Waals surface area contributed by atoms with E-state index in [1.165, 1.54) is 16.9 Å². The van der Waals surface area contributed by atoms with Gasteiger partial charge in [0.05, 0.1) is 16.3 Å². The lowest BCUT2D eigenvalue weighted by atomic mass is 10.1. The summed E-state index contributed by atoms with van der Waals surface area (Å²) in [6.07, 6.45) is 0. The Morgan fingerprint density at radius 2 is 1.78 bits per heavy atom. The molecule has 0 fully saturated rings. The lowest BCUT2D eigenvalue weighted by Gasteiger charge is -2.08. The van der Waals surface area contributed by atoms with Crippen LogP contribution >= 0.6 is 11.3 Å². The van der Waals surface area contributed by atoms with Crippen molar-refractivity contribution >= 4 is 33.1 Å². The lowest BCUT2D eigenvalue weighted by Crippen LogP contribution is -2.11. The second-order valence-electron chi connectivity index (χ2n) is 6.94. The molecule has 2 aromatic carbocycles. The molecule has 0 bridgehead atoms. The Morgan fingerprint density at radius 3 is 2.56 bits per heavy atom. The third kappa shape index (κ3) is 3.26. The van der Waals surface area contributed by atoms with Gasteiger partial charge in [-0.15, -0.1) is 11.3 Å². The minimum atomic E-state index is -0.0832. The van der Waals surface area contributed by atoms with Crippen molar-refractivity contribution in [3.8, 4) is 5.69 Å². The Labute approximate surface area is 162 Å². The summed E-state index contributed by atoms with van der Waals surface area (Å²) in [5.41, 5.74) is 6.15. The molecule has 0 saturated heterocycles. The van der Waals surface area contributed by atoms with E-state index in [4.69, 9.17) is 0 Å². The third-order valence-electron chi connectivity index (χ3n) is 4.66. The fourth-order valence-corrected chi connectivity index (χ4v) is 4.23. The van der Waals surface area contributed by atoms with Crippen LogP contribution in [0.1, 0.15) is 32.1 Å². The Kier molecular flexibility index (Phi) is 4.32. The number of benzene rings is 2. The molecule has 0 aliphatic carbocycles. The number of anilines is 1. The lowest BCUT2D eigenvalue weighted by molar-refractivity contribution is 0.103. The molecule has 0 atom stereocenters. The average molecular weight is 375 g/mol. The Hall–Kier alpha value is -2.92. The molecule has 4 aromatic rings. The van der Waals surface area contributed by atoms with Gasteiger partial charge in [0, 0.05) is 11.1 Å². The summed E-state index contributed by atoms with van der Waals surface area (Å²) in [4.78, 5) is 14.5. The number of carbonyl (C=O) groups is 1. The van der Waals surface area contributed by atoms with Crippen LogP contribution in [0.5, 0.6) is 0 Å². The van der Waals surface area contributed by atoms with E-state index in [0.29, 0.717) is 4.88 Å². The maximum atomic E-state index is 12.8. The van der Waals surface area contributed by atoms with E-state index in [-0.39, 0.29) is 5.91 Å². The normalized spacial score (nSPS) is 11.1. The summed E-state index contributed by atoms with van der Waals surface area (Å²) in [5, 5.41) is 8.74. The summed E-state index contributed by atoms with van der Waals surface area (Å²) in [6.45, 7) is 8.07. The van der Waals surface area contributed by atoms with E-state index in [9.17, 15) is 4.79 Å². The van der Waals surface area contributed by atoms with Crippen molar-refractivity contribution in [1.29, 1.82) is 0 Å². The van der Waals surface area contributed by atoms with Crippen molar-refractivity contribution in [3.05, 3.63) is 75.8 Å². The quantitative estimate of drug-likeness (QED) is 0.509. The number of hydrogen-bond donors (Lipinski definition) is 1. The second kappa shape index (κ2) is 6.67. The van der Waals surface area contributed by atoms with Crippen molar-refractivity contribution in [2.24, 2.45) is 0 Å². The first-order valence-electron chi connectivity index (χ1n) is 8.87. The molecule has 0 unspecified atom stereocenters. The summed E-state index contributed by atoms with van der Waals surface area (Å²) in [7, 11) is 0. The van der Waals surface area contributed by atoms with Crippen LogP contribution in [0.4, 0.5) is 5.69 Å². The third-order valence-corrected chi connectivity index (χ3v) is 5.77. The standard InChI is InChI=1S/C22H21N3OS/c1-13-6-5-7-17(10-13)25-22-18(16(4)24-25)12-20(27-22)21(26)23-19-11-14(2)8-9-15(19)3/h5-12H,1-4H3,(H,23,26). The highest BCUT2D eigenvalue weighted by Crippen LogP contribution is 2.31. The molecule has 0 spiro atoms. The molecular formula is C22H21N3OS. The van der Waals surface area contributed by atoms with Crippen LogP contribution in [0.15, 0.2) is 48.5 Å². The number of aryl methyl sites for hydroxylation is 4. The molecule has 0 aliphatic rings. The molecule has 0 aliphatic heterocycles. The number of hydrogen-bond acceptors (Lipinski definition) is 3. The van der Waals surface area contributed by atoms with E-state index in [1.54, 1.807) is 0 Å². The topological polar surface area (TPSA) is 46.9 Å². The number of carbonyl (C=O) groups excluding carboxylic acids is 1. The number of aromatic nitrogens is 2. The molecule has 1 N–H and O–H groups in total. The van der Waals surface area contributed by atoms with Gasteiger partial charge in [0.25, 0.3) is 5.91 Å². The molecule has 2 aromatic heterocycles. The van der Waals surface area contributed by atoms with Gasteiger partial charge in [-0.05, 0) is 68.7 Å². The van der Waals surface area contributed by atoms with Crippen molar-refractivity contribution in [3.63, 3.8) is 0 Å². The molecule has 4 rings (SSSR count). The molecule has 0 saturated carbocycles. The minimum Gasteiger partial charge on any atom is -0.321 e. The van der Waals surface area contributed by atoms with Gasteiger partial charge in [0.1, 0.15) is 4.83 Å². The van der Waals surface area contributed by atoms with E-state index >= 15 is 0 Å². The molecular weight excluding hydrogens is 354 g/mol. The molecule has 27 heavy (non-hydrogen) atoms. The van der Waals surface area contributed by atoms with Crippen LogP contribution in [0.25, 0.3) is 15.9 Å². The molecule has 2 heterocycles. The first-order chi connectivity index (χ1) is 12.9. The number of thiophene rings is 1. The van der Waals surface area contributed by atoms with Gasteiger partial charge in [-0.2, -0.15) is 5.10 Å². The fraction of sp³-hybridized carbons (Fsp3) is 0.182. The number of nitrogens with zero attached hydrogens (tertiary/aromatic N) is 2. The monoisotopic (exact) mass is 375 g/mol. The number of amides is 1. The van der Waals surface area contributed by atoms with Gasteiger partial charge >= 0.3 is 0 Å². The summed E-state index contributed by atoms with van der Waals surface area (Å²) in [5.74, 6) is -0.0832. The zero-order valence-corrected chi connectivity index (χ0v) is 16.6. The van der Waals surface area contributed by atoms with Crippen LogP contribution < -0.4 is 5.32 Å². The molecule has 5 heteroatoms. The van der Waals surface area contributed by atoms with E-state index < -0.39 is 0 Å². The Balaban J connectivity index is 1.72. The maximum absolute atomic E-state index is 12.8.